The molecule has 1 aliphatic heterocycles. The Morgan fingerprint density at radius 1 is 1.00 bits per heavy atom. The number of ether oxygens (including phenoxy) is 1. The summed E-state index contributed by atoms with van der Waals surface area (Å²) in [7, 11) is 0. The number of carbonyl (C=O) groups is 1. The molecular weight excluding hydrogens is 336 g/mol. The molecule has 138 valence electrons. The van der Waals surface area contributed by atoms with Crippen LogP contribution in [-0.4, -0.2) is 28.6 Å². The zero-order valence-corrected chi connectivity index (χ0v) is 15.5. The zero-order valence-electron chi connectivity index (χ0n) is 15.5. The van der Waals surface area contributed by atoms with Crippen LogP contribution >= 0.6 is 0 Å². The summed E-state index contributed by atoms with van der Waals surface area (Å²) in [4.78, 5) is 14.5. The second-order valence-electron chi connectivity index (χ2n) is 6.83. The first-order valence-electron chi connectivity index (χ1n) is 9.46. The first-order chi connectivity index (χ1) is 13.3. The molecule has 27 heavy (non-hydrogen) atoms. The number of benzene rings is 2. The van der Waals surface area contributed by atoms with Crippen LogP contribution in [0.4, 0.5) is 0 Å². The zero-order chi connectivity index (χ0) is 18.6. The third kappa shape index (κ3) is 3.67. The number of carbonyl (C=O) groups excluding carboxylic acids is 1. The minimum Gasteiger partial charge on any atom is -0.462 e. The van der Waals surface area contributed by atoms with E-state index in [-0.39, 0.29) is 12.0 Å². The molecule has 0 spiro atoms. The fourth-order valence-electron chi connectivity index (χ4n) is 3.82. The first kappa shape index (κ1) is 17.6. The molecule has 2 aromatic carbocycles. The lowest BCUT2D eigenvalue weighted by Gasteiger charge is -2.37. The van der Waals surface area contributed by atoms with Crippen molar-refractivity contribution in [2.75, 3.05) is 13.2 Å². The second kappa shape index (κ2) is 7.80. The molecule has 1 aromatic heterocycles. The highest BCUT2D eigenvalue weighted by atomic mass is 16.5. The fourth-order valence-corrected chi connectivity index (χ4v) is 3.82. The average Bonchev–Trinajstić information content (AvgIpc) is 3.18. The van der Waals surface area contributed by atoms with Gasteiger partial charge in [0.25, 0.3) is 0 Å². The standard InChI is InChI=1S/C23H24N2O2/c1-2-27-23(26)20-12-10-19(11-13-20)22-21-9-6-14-24(21)15-16-25(22)17-18-7-4-3-5-8-18/h3-14,22H,2,15-17H2,1H3/t22-/m1/s1. The summed E-state index contributed by atoms with van der Waals surface area (Å²) in [6.45, 7) is 5.09. The van der Waals surface area contributed by atoms with Gasteiger partial charge in [-0.2, -0.15) is 0 Å². The number of nitrogens with zero attached hydrogens (tertiary/aromatic N) is 2. The maximum atomic E-state index is 12.0. The van der Waals surface area contributed by atoms with Crippen molar-refractivity contribution in [3.8, 4) is 0 Å². The third-order valence-electron chi connectivity index (χ3n) is 5.10. The predicted octanol–water partition coefficient (Wildman–Crippen LogP) is 4.27. The van der Waals surface area contributed by atoms with Gasteiger partial charge in [0.1, 0.15) is 0 Å². The normalized spacial score (nSPS) is 16.7. The van der Waals surface area contributed by atoms with Crippen LogP contribution in [0.5, 0.6) is 0 Å². The Hall–Kier alpha value is -2.85. The molecule has 4 rings (SSSR count). The molecule has 2 heterocycles. The van der Waals surface area contributed by atoms with Crippen LogP contribution in [0.2, 0.25) is 0 Å². The number of esters is 1. The van der Waals surface area contributed by atoms with Gasteiger partial charge in [0, 0.05) is 31.5 Å². The quantitative estimate of drug-likeness (QED) is 0.637. The Morgan fingerprint density at radius 3 is 2.52 bits per heavy atom. The van der Waals surface area contributed by atoms with Crippen molar-refractivity contribution < 1.29 is 9.53 Å². The van der Waals surface area contributed by atoms with Crippen LogP contribution in [0, 0.1) is 0 Å². The van der Waals surface area contributed by atoms with Crippen LogP contribution in [0.15, 0.2) is 72.9 Å². The number of hydrogen-bond donors (Lipinski definition) is 0. The largest absolute Gasteiger partial charge is 0.462 e. The van der Waals surface area contributed by atoms with Gasteiger partial charge in [-0.25, -0.2) is 4.79 Å². The lowest BCUT2D eigenvalue weighted by Crippen LogP contribution is -2.37. The number of hydrogen-bond acceptors (Lipinski definition) is 3. The van der Waals surface area contributed by atoms with Crippen LogP contribution in [0.25, 0.3) is 0 Å². The first-order valence-corrected chi connectivity index (χ1v) is 9.46. The third-order valence-corrected chi connectivity index (χ3v) is 5.10. The maximum Gasteiger partial charge on any atom is 0.338 e. The smallest absolute Gasteiger partial charge is 0.338 e. The highest BCUT2D eigenvalue weighted by Gasteiger charge is 2.28. The molecule has 0 N–H and O–H groups in total. The van der Waals surface area contributed by atoms with Gasteiger partial charge in [-0.1, -0.05) is 42.5 Å². The Morgan fingerprint density at radius 2 is 1.78 bits per heavy atom. The van der Waals surface area contributed by atoms with E-state index in [0.717, 1.165) is 19.6 Å². The summed E-state index contributed by atoms with van der Waals surface area (Å²) in [6.07, 6.45) is 2.15. The summed E-state index contributed by atoms with van der Waals surface area (Å²) in [5.74, 6) is -0.266. The lowest BCUT2D eigenvalue weighted by molar-refractivity contribution is 0.0526. The Labute approximate surface area is 160 Å². The van der Waals surface area contributed by atoms with E-state index in [1.807, 2.05) is 19.1 Å². The van der Waals surface area contributed by atoms with Crippen molar-refractivity contribution in [2.24, 2.45) is 0 Å². The number of fused-ring (bicyclic) bond motifs is 1. The lowest BCUT2D eigenvalue weighted by atomic mass is 9.98. The molecular formula is C23H24N2O2. The Kier molecular flexibility index (Phi) is 5.07. The van der Waals surface area contributed by atoms with Crippen LogP contribution < -0.4 is 0 Å². The second-order valence-corrected chi connectivity index (χ2v) is 6.83. The van der Waals surface area contributed by atoms with Gasteiger partial charge in [0.15, 0.2) is 0 Å². The molecule has 0 bridgehead atoms. The van der Waals surface area contributed by atoms with Crippen molar-refractivity contribution in [3.05, 3.63) is 95.3 Å². The van der Waals surface area contributed by atoms with Gasteiger partial charge in [0.2, 0.25) is 0 Å². The summed E-state index contributed by atoms with van der Waals surface area (Å²) in [5, 5.41) is 0. The van der Waals surface area contributed by atoms with Gasteiger partial charge in [-0.15, -0.1) is 0 Å². The molecule has 0 aliphatic carbocycles. The number of rotatable bonds is 5. The van der Waals surface area contributed by atoms with Crippen LogP contribution in [0.1, 0.15) is 40.1 Å². The van der Waals surface area contributed by atoms with E-state index >= 15 is 0 Å². The molecule has 0 saturated carbocycles. The minimum absolute atomic E-state index is 0.171. The topological polar surface area (TPSA) is 34.5 Å². The number of aromatic nitrogens is 1. The highest BCUT2D eigenvalue weighted by molar-refractivity contribution is 5.89. The molecule has 0 unspecified atom stereocenters. The van der Waals surface area contributed by atoms with Crippen molar-refractivity contribution in [3.63, 3.8) is 0 Å². The molecule has 0 fully saturated rings. The Balaban J connectivity index is 1.65. The molecule has 1 aliphatic rings. The SMILES string of the molecule is CCOC(=O)c1ccc([C@@H]2c3cccn3CCN2Cc2ccccc2)cc1. The fraction of sp³-hybridized carbons (Fsp3) is 0.261. The summed E-state index contributed by atoms with van der Waals surface area (Å²) in [5.41, 5.74) is 4.40. The van der Waals surface area contributed by atoms with Crippen molar-refractivity contribution >= 4 is 5.97 Å². The molecule has 3 aromatic rings. The van der Waals surface area contributed by atoms with E-state index in [1.54, 1.807) is 0 Å². The average molecular weight is 360 g/mol. The molecule has 0 saturated heterocycles. The summed E-state index contributed by atoms with van der Waals surface area (Å²) < 4.78 is 7.43. The van der Waals surface area contributed by atoms with E-state index in [9.17, 15) is 4.79 Å². The van der Waals surface area contributed by atoms with Gasteiger partial charge in [0.05, 0.1) is 18.2 Å². The van der Waals surface area contributed by atoms with E-state index in [4.69, 9.17) is 4.74 Å². The van der Waals surface area contributed by atoms with E-state index in [1.165, 1.54) is 16.8 Å². The van der Waals surface area contributed by atoms with Crippen LogP contribution in [-0.2, 0) is 17.8 Å². The van der Waals surface area contributed by atoms with E-state index in [2.05, 4.69) is 70.3 Å². The van der Waals surface area contributed by atoms with E-state index < -0.39 is 0 Å². The molecule has 4 heteroatoms. The Bertz CT molecular complexity index is 900. The van der Waals surface area contributed by atoms with Gasteiger partial charge in [-0.05, 0) is 42.3 Å². The summed E-state index contributed by atoms with van der Waals surface area (Å²) >= 11 is 0. The summed E-state index contributed by atoms with van der Waals surface area (Å²) in [6, 6.07) is 22.9. The van der Waals surface area contributed by atoms with Crippen molar-refractivity contribution in [1.29, 1.82) is 0 Å². The van der Waals surface area contributed by atoms with Gasteiger partial charge in [-0.3, -0.25) is 4.90 Å². The predicted molar refractivity (Wildman–Crippen MR) is 106 cm³/mol. The van der Waals surface area contributed by atoms with Crippen molar-refractivity contribution in [1.82, 2.24) is 9.47 Å². The minimum atomic E-state index is -0.266. The van der Waals surface area contributed by atoms with Crippen molar-refractivity contribution in [2.45, 2.75) is 26.1 Å². The van der Waals surface area contributed by atoms with E-state index in [0.29, 0.717) is 12.2 Å². The molecule has 0 amide bonds. The maximum absolute atomic E-state index is 12.0. The highest BCUT2D eigenvalue weighted by Crippen LogP contribution is 2.33. The molecule has 0 radical (unpaired) electrons. The molecule has 4 nitrogen and oxygen atoms in total. The molecule has 1 atom stereocenters. The van der Waals surface area contributed by atoms with Crippen LogP contribution in [0.3, 0.4) is 0 Å². The van der Waals surface area contributed by atoms with Gasteiger partial charge < -0.3 is 9.30 Å². The van der Waals surface area contributed by atoms with Gasteiger partial charge >= 0.3 is 5.97 Å². The monoisotopic (exact) mass is 360 g/mol.